The molecule has 0 radical (unpaired) electrons. The van der Waals surface area contributed by atoms with E-state index in [0.717, 1.165) is 12.8 Å². The molecule has 4 rings (SSSR count). The average molecular weight is 310 g/mol. The molecule has 0 atom stereocenters. The first-order valence-electron chi connectivity index (χ1n) is 7.40. The lowest BCUT2D eigenvalue weighted by Crippen LogP contribution is -1.98. The Morgan fingerprint density at radius 1 is 1.26 bits per heavy atom. The molecule has 1 aliphatic carbocycles. The lowest BCUT2D eigenvalue weighted by molar-refractivity contribution is 0.481. The normalized spacial score (nSPS) is 14.1. The van der Waals surface area contributed by atoms with Crippen LogP contribution in [0.5, 0.6) is 0 Å². The Labute approximate surface area is 131 Å². The van der Waals surface area contributed by atoms with Crippen LogP contribution < -0.4 is 0 Å². The van der Waals surface area contributed by atoms with Gasteiger partial charge >= 0.3 is 0 Å². The summed E-state index contributed by atoms with van der Waals surface area (Å²) in [4.78, 5) is 4.25. The average Bonchev–Trinajstić information content (AvgIpc) is 3.34. The second-order valence-electron chi connectivity index (χ2n) is 5.66. The summed E-state index contributed by atoms with van der Waals surface area (Å²) in [7, 11) is 0. The van der Waals surface area contributed by atoms with E-state index in [1.807, 2.05) is 6.07 Å². The lowest BCUT2D eigenvalue weighted by atomic mass is 9.94. The maximum atomic E-state index is 15.0. The van der Waals surface area contributed by atoms with Gasteiger partial charge in [0.25, 0.3) is 0 Å². The van der Waals surface area contributed by atoms with Gasteiger partial charge < -0.3 is 4.42 Å². The van der Waals surface area contributed by atoms with Crippen molar-refractivity contribution in [3.63, 3.8) is 0 Å². The van der Waals surface area contributed by atoms with Crippen molar-refractivity contribution in [3.05, 3.63) is 53.2 Å². The Morgan fingerprint density at radius 2 is 2.00 bits per heavy atom. The van der Waals surface area contributed by atoms with Gasteiger partial charge in [-0.1, -0.05) is 30.3 Å². The van der Waals surface area contributed by atoms with E-state index in [2.05, 4.69) is 4.98 Å². The molecule has 1 heterocycles. The summed E-state index contributed by atoms with van der Waals surface area (Å²) in [6.07, 6.45) is 1.88. The number of nitriles is 1. The van der Waals surface area contributed by atoms with E-state index in [4.69, 9.17) is 4.42 Å². The molecule has 114 valence electrons. The van der Waals surface area contributed by atoms with E-state index in [-0.39, 0.29) is 33.7 Å². The quantitative estimate of drug-likeness (QED) is 0.694. The van der Waals surface area contributed by atoms with Gasteiger partial charge in [0.2, 0.25) is 0 Å². The molecule has 0 spiro atoms. The summed E-state index contributed by atoms with van der Waals surface area (Å²) in [5.41, 5.74) is 0.743. The van der Waals surface area contributed by atoms with Crippen LogP contribution in [-0.4, -0.2) is 4.98 Å². The number of oxazole rings is 1. The first kappa shape index (κ1) is 13.9. The maximum Gasteiger partial charge on any atom is 0.198 e. The second-order valence-corrected chi connectivity index (χ2v) is 5.66. The number of aromatic nitrogens is 1. The molecule has 5 heteroatoms. The predicted octanol–water partition coefficient (Wildman–Crippen LogP) is 4.85. The highest BCUT2D eigenvalue weighted by Gasteiger charge is 2.32. The summed E-state index contributed by atoms with van der Waals surface area (Å²) >= 11 is 0. The highest BCUT2D eigenvalue weighted by atomic mass is 19.1. The Kier molecular flexibility index (Phi) is 3.12. The zero-order valence-corrected chi connectivity index (χ0v) is 12.1. The number of hydrogen-bond donors (Lipinski definition) is 0. The van der Waals surface area contributed by atoms with Gasteiger partial charge in [0.05, 0.1) is 5.56 Å². The Morgan fingerprint density at radius 3 is 2.61 bits per heavy atom. The molecular formula is C18H12F2N2O. The summed E-state index contributed by atoms with van der Waals surface area (Å²) < 4.78 is 34.2. The van der Waals surface area contributed by atoms with Gasteiger partial charge in [-0.05, 0) is 18.4 Å². The first-order valence-corrected chi connectivity index (χ1v) is 7.40. The zero-order chi connectivity index (χ0) is 16.0. The van der Waals surface area contributed by atoms with Crippen molar-refractivity contribution in [2.45, 2.75) is 25.4 Å². The van der Waals surface area contributed by atoms with E-state index in [1.54, 1.807) is 30.3 Å². The summed E-state index contributed by atoms with van der Waals surface area (Å²) in [5.74, 6) is -0.0370. The van der Waals surface area contributed by atoms with Gasteiger partial charge in [0.15, 0.2) is 17.3 Å². The van der Waals surface area contributed by atoms with E-state index in [1.165, 1.54) is 0 Å². The molecule has 1 aliphatic rings. The van der Waals surface area contributed by atoms with Crippen LogP contribution in [0.15, 0.2) is 34.7 Å². The van der Waals surface area contributed by atoms with Crippen LogP contribution >= 0.6 is 0 Å². The van der Waals surface area contributed by atoms with Gasteiger partial charge in [0, 0.05) is 17.0 Å². The lowest BCUT2D eigenvalue weighted by Gasteiger charge is -2.10. The molecular weight excluding hydrogens is 298 g/mol. The number of rotatable bonds is 3. The molecule has 1 saturated carbocycles. The third kappa shape index (κ3) is 2.10. The fourth-order valence-corrected chi connectivity index (χ4v) is 2.83. The summed E-state index contributed by atoms with van der Waals surface area (Å²) in [6, 6.07) is 10.6. The topological polar surface area (TPSA) is 49.8 Å². The van der Waals surface area contributed by atoms with Crippen LogP contribution in [0.25, 0.3) is 22.2 Å². The predicted molar refractivity (Wildman–Crippen MR) is 80.9 cm³/mol. The second kappa shape index (κ2) is 5.17. The third-order valence-corrected chi connectivity index (χ3v) is 4.14. The number of halogens is 2. The fourth-order valence-electron chi connectivity index (χ4n) is 2.83. The number of alkyl halides is 1. The minimum Gasteiger partial charge on any atom is -0.437 e. The SMILES string of the molecule is N#Cc1c(CF)c(-c2ccccc2)c(F)c2oc(C3CC3)nc12. The van der Waals surface area contributed by atoms with Gasteiger partial charge in [-0.3, -0.25) is 0 Å². The van der Waals surface area contributed by atoms with E-state index in [9.17, 15) is 9.65 Å². The van der Waals surface area contributed by atoms with Crippen LogP contribution in [0.3, 0.4) is 0 Å². The minimum atomic E-state index is -0.939. The molecule has 2 aromatic carbocycles. The molecule has 3 aromatic rings. The molecule has 0 amide bonds. The molecule has 3 nitrogen and oxygen atoms in total. The molecule has 0 saturated heterocycles. The van der Waals surface area contributed by atoms with Crippen LogP contribution in [0, 0.1) is 17.1 Å². The number of hydrogen-bond acceptors (Lipinski definition) is 3. The van der Waals surface area contributed by atoms with Crippen molar-refractivity contribution in [1.82, 2.24) is 4.98 Å². The monoisotopic (exact) mass is 310 g/mol. The number of nitrogens with zero attached hydrogens (tertiary/aromatic N) is 2. The van der Waals surface area contributed by atoms with Crippen LogP contribution in [0.1, 0.15) is 35.8 Å². The maximum absolute atomic E-state index is 15.0. The van der Waals surface area contributed by atoms with Crippen molar-refractivity contribution in [2.75, 3.05) is 0 Å². The highest BCUT2D eigenvalue weighted by Crippen LogP contribution is 2.43. The largest absolute Gasteiger partial charge is 0.437 e. The minimum absolute atomic E-state index is 0.0272. The van der Waals surface area contributed by atoms with Crippen molar-refractivity contribution in [2.24, 2.45) is 0 Å². The third-order valence-electron chi connectivity index (χ3n) is 4.14. The number of fused-ring (bicyclic) bond motifs is 1. The van der Waals surface area contributed by atoms with Crippen molar-refractivity contribution in [1.29, 1.82) is 5.26 Å². The standard InChI is InChI=1S/C18H12F2N2O/c19-8-12-13(9-21)16-17(23-18(22-16)11-6-7-11)15(20)14(12)10-4-2-1-3-5-10/h1-5,11H,6-8H2. The smallest absolute Gasteiger partial charge is 0.198 e. The van der Waals surface area contributed by atoms with Gasteiger partial charge in [-0.25, -0.2) is 13.8 Å². The Hall–Kier alpha value is -2.74. The van der Waals surface area contributed by atoms with Crippen LogP contribution in [-0.2, 0) is 6.67 Å². The van der Waals surface area contributed by atoms with E-state index in [0.29, 0.717) is 11.5 Å². The Bertz CT molecular complexity index is 937. The van der Waals surface area contributed by atoms with Crippen molar-refractivity contribution < 1.29 is 13.2 Å². The van der Waals surface area contributed by atoms with Gasteiger partial charge in [-0.2, -0.15) is 5.26 Å². The molecule has 0 aliphatic heterocycles. The van der Waals surface area contributed by atoms with Crippen molar-refractivity contribution in [3.8, 4) is 17.2 Å². The Balaban J connectivity index is 2.09. The molecule has 0 unspecified atom stereocenters. The van der Waals surface area contributed by atoms with Crippen LogP contribution in [0.2, 0.25) is 0 Å². The first-order chi connectivity index (χ1) is 11.2. The highest BCUT2D eigenvalue weighted by molar-refractivity contribution is 5.89. The molecule has 0 bridgehead atoms. The van der Waals surface area contributed by atoms with Crippen LogP contribution in [0.4, 0.5) is 8.78 Å². The summed E-state index contributed by atoms with van der Waals surface area (Å²) in [5, 5.41) is 9.45. The fraction of sp³-hybridized carbons (Fsp3) is 0.222. The molecule has 1 aromatic heterocycles. The van der Waals surface area contributed by atoms with Gasteiger partial charge in [0.1, 0.15) is 18.3 Å². The summed E-state index contributed by atoms with van der Waals surface area (Å²) in [6.45, 7) is -0.939. The zero-order valence-electron chi connectivity index (χ0n) is 12.1. The van der Waals surface area contributed by atoms with Gasteiger partial charge in [-0.15, -0.1) is 0 Å². The molecule has 0 N–H and O–H groups in total. The molecule has 1 fully saturated rings. The van der Waals surface area contributed by atoms with Crippen molar-refractivity contribution >= 4 is 11.1 Å². The molecule has 23 heavy (non-hydrogen) atoms. The van der Waals surface area contributed by atoms with E-state index < -0.39 is 12.5 Å². The van der Waals surface area contributed by atoms with E-state index >= 15 is 4.39 Å². The number of benzene rings is 2.